The molecule has 0 bridgehead atoms. The Balaban J connectivity index is 1.32. The maximum atomic E-state index is 12.7. The number of benzene rings is 3. The normalized spacial score (nSPS) is 10.6. The van der Waals surface area contributed by atoms with E-state index in [-0.39, 0.29) is 17.9 Å². The van der Waals surface area contributed by atoms with Gasteiger partial charge in [0.25, 0.3) is 0 Å². The first-order valence-electron chi connectivity index (χ1n) is 17.1. The molecule has 0 heterocycles. The fraction of sp³-hybridized carbons (Fsp3) is 0.400. The van der Waals surface area contributed by atoms with Gasteiger partial charge in [0.15, 0.2) is 0 Å². The first-order chi connectivity index (χ1) is 23.8. The molecule has 3 rings (SSSR count). The van der Waals surface area contributed by atoms with Crippen molar-refractivity contribution >= 4 is 23.9 Å². The van der Waals surface area contributed by atoms with Crippen LogP contribution in [0, 0.1) is 0 Å². The minimum Gasteiger partial charge on any atom is -0.494 e. The molecule has 0 spiro atoms. The zero-order valence-electron chi connectivity index (χ0n) is 28.7. The molecule has 0 radical (unpaired) electrons. The highest BCUT2D eigenvalue weighted by atomic mass is 16.5. The van der Waals surface area contributed by atoms with Gasteiger partial charge in [0, 0.05) is 12.0 Å². The van der Waals surface area contributed by atoms with Crippen molar-refractivity contribution in [2.75, 3.05) is 26.4 Å². The summed E-state index contributed by atoms with van der Waals surface area (Å²) in [7, 11) is 0. The van der Waals surface area contributed by atoms with Gasteiger partial charge in [0.1, 0.15) is 11.5 Å². The highest BCUT2D eigenvalue weighted by Crippen LogP contribution is 2.24. The first kappa shape index (κ1) is 38.5. The van der Waals surface area contributed by atoms with E-state index in [1.807, 2.05) is 31.2 Å². The molecular formula is C40H48O9. The highest BCUT2D eigenvalue weighted by molar-refractivity contribution is 5.91. The molecule has 0 unspecified atom stereocenters. The van der Waals surface area contributed by atoms with Crippen LogP contribution < -0.4 is 9.47 Å². The molecule has 0 aliphatic heterocycles. The molecule has 0 aliphatic rings. The molecule has 0 saturated carbocycles. The van der Waals surface area contributed by atoms with Crippen LogP contribution in [0.3, 0.4) is 0 Å². The average molecular weight is 673 g/mol. The molecule has 0 amide bonds. The number of rotatable bonds is 22. The van der Waals surface area contributed by atoms with Crippen molar-refractivity contribution in [3.63, 3.8) is 0 Å². The van der Waals surface area contributed by atoms with E-state index in [0.29, 0.717) is 61.0 Å². The summed E-state index contributed by atoms with van der Waals surface area (Å²) >= 11 is 0. The van der Waals surface area contributed by atoms with Gasteiger partial charge < -0.3 is 23.7 Å². The molecule has 0 N–H and O–H groups in total. The van der Waals surface area contributed by atoms with Gasteiger partial charge in [0.2, 0.25) is 0 Å². The quantitative estimate of drug-likeness (QED) is 0.0340. The van der Waals surface area contributed by atoms with Gasteiger partial charge in [-0.2, -0.15) is 0 Å². The smallest absolute Gasteiger partial charge is 0.343 e. The summed E-state index contributed by atoms with van der Waals surface area (Å²) in [6.45, 7) is 8.86. The standard InChI is InChI=1S/C40H48O9/c1-4-13-37(41)46-27-10-6-8-12-29-48-39(43)33-16-14-31(15-17-33)32-18-24-36(25-19-32)49-40(44)34-20-22-35(23-21-34)45-26-9-5-7-11-28-47-38(42)30(2)3/h14-25H,2,4-13,26-29H2,1,3H3. The summed E-state index contributed by atoms with van der Waals surface area (Å²) in [6, 6.07) is 21.2. The molecule has 0 aliphatic carbocycles. The molecular weight excluding hydrogens is 624 g/mol. The monoisotopic (exact) mass is 672 g/mol. The largest absolute Gasteiger partial charge is 0.494 e. The Labute approximate surface area is 289 Å². The van der Waals surface area contributed by atoms with Gasteiger partial charge in [0.05, 0.1) is 37.6 Å². The third-order valence-electron chi connectivity index (χ3n) is 7.49. The molecule has 0 aromatic heterocycles. The summed E-state index contributed by atoms with van der Waals surface area (Å²) in [6.07, 6.45) is 8.18. The van der Waals surface area contributed by atoms with Crippen molar-refractivity contribution in [1.82, 2.24) is 0 Å². The molecule has 9 nitrogen and oxygen atoms in total. The summed E-state index contributed by atoms with van der Waals surface area (Å²) < 4.78 is 26.9. The summed E-state index contributed by atoms with van der Waals surface area (Å²) in [5.74, 6) is -0.248. The summed E-state index contributed by atoms with van der Waals surface area (Å²) in [5, 5.41) is 0. The fourth-order valence-corrected chi connectivity index (χ4v) is 4.67. The third-order valence-corrected chi connectivity index (χ3v) is 7.49. The van der Waals surface area contributed by atoms with Crippen LogP contribution in [0.15, 0.2) is 84.9 Å². The van der Waals surface area contributed by atoms with Gasteiger partial charge in [-0.15, -0.1) is 0 Å². The van der Waals surface area contributed by atoms with E-state index in [1.165, 1.54) is 0 Å². The topological polar surface area (TPSA) is 114 Å². The van der Waals surface area contributed by atoms with Crippen LogP contribution in [0.25, 0.3) is 11.1 Å². The van der Waals surface area contributed by atoms with Crippen LogP contribution in [0.5, 0.6) is 11.5 Å². The van der Waals surface area contributed by atoms with Crippen molar-refractivity contribution in [2.45, 2.75) is 78.1 Å². The lowest BCUT2D eigenvalue weighted by Crippen LogP contribution is -2.08. The van der Waals surface area contributed by atoms with E-state index in [4.69, 9.17) is 23.7 Å². The van der Waals surface area contributed by atoms with Crippen LogP contribution in [0.4, 0.5) is 0 Å². The van der Waals surface area contributed by atoms with Crippen molar-refractivity contribution < 1.29 is 42.9 Å². The number of ether oxygens (including phenoxy) is 5. The second-order valence-electron chi connectivity index (χ2n) is 11.7. The predicted octanol–water partition coefficient (Wildman–Crippen LogP) is 8.69. The van der Waals surface area contributed by atoms with E-state index < -0.39 is 5.97 Å². The van der Waals surface area contributed by atoms with Gasteiger partial charge in [-0.05, 0) is 124 Å². The molecule has 3 aromatic rings. The minimum absolute atomic E-state index is 0.149. The third kappa shape index (κ3) is 14.8. The van der Waals surface area contributed by atoms with Gasteiger partial charge in [-0.25, -0.2) is 14.4 Å². The molecule has 9 heteroatoms. The Morgan fingerprint density at radius 1 is 0.551 bits per heavy atom. The maximum absolute atomic E-state index is 12.7. The second-order valence-corrected chi connectivity index (χ2v) is 11.7. The van der Waals surface area contributed by atoms with Crippen molar-refractivity contribution in [2.24, 2.45) is 0 Å². The number of hydrogen-bond acceptors (Lipinski definition) is 9. The molecule has 0 fully saturated rings. The van der Waals surface area contributed by atoms with E-state index in [0.717, 1.165) is 68.9 Å². The van der Waals surface area contributed by atoms with Gasteiger partial charge in [-0.3, -0.25) is 4.79 Å². The Morgan fingerprint density at radius 2 is 1.02 bits per heavy atom. The second kappa shape index (κ2) is 21.9. The Morgan fingerprint density at radius 3 is 1.59 bits per heavy atom. The molecule has 3 aromatic carbocycles. The molecule has 0 saturated heterocycles. The van der Waals surface area contributed by atoms with Crippen LogP contribution >= 0.6 is 0 Å². The lowest BCUT2D eigenvalue weighted by molar-refractivity contribution is -0.144. The number of hydrogen-bond donors (Lipinski definition) is 0. The maximum Gasteiger partial charge on any atom is 0.343 e. The number of carbonyl (C=O) groups excluding carboxylic acids is 4. The lowest BCUT2D eigenvalue weighted by atomic mass is 10.0. The first-order valence-corrected chi connectivity index (χ1v) is 17.1. The zero-order chi connectivity index (χ0) is 35.3. The van der Waals surface area contributed by atoms with Crippen molar-refractivity contribution in [3.05, 3.63) is 96.1 Å². The Bertz CT molecular complexity index is 1480. The average Bonchev–Trinajstić information content (AvgIpc) is 3.11. The van der Waals surface area contributed by atoms with E-state index in [2.05, 4.69) is 6.58 Å². The summed E-state index contributed by atoms with van der Waals surface area (Å²) in [4.78, 5) is 47.8. The Hall–Kier alpha value is -4.92. The molecule has 49 heavy (non-hydrogen) atoms. The van der Waals surface area contributed by atoms with E-state index >= 15 is 0 Å². The number of unbranched alkanes of at least 4 members (excludes halogenated alkanes) is 6. The Kier molecular flexibility index (Phi) is 17.2. The van der Waals surface area contributed by atoms with Gasteiger partial charge >= 0.3 is 23.9 Å². The summed E-state index contributed by atoms with van der Waals surface area (Å²) in [5.41, 5.74) is 3.11. The molecule has 262 valence electrons. The van der Waals surface area contributed by atoms with Crippen LogP contribution in [-0.4, -0.2) is 50.3 Å². The number of esters is 4. The van der Waals surface area contributed by atoms with Gasteiger partial charge in [-0.1, -0.05) is 37.8 Å². The minimum atomic E-state index is -0.470. The van der Waals surface area contributed by atoms with Crippen molar-refractivity contribution in [3.8, 4) is 22.6 Å². The predicted molar refractivity (Wildman–Crippen MR) is 188 cm³/mol. The highest BCUT2D eigenvalue weighted by Gasteiger charge is 2.11. The number of carbonyl (C=O) groups is 4. The fourth-order valence-electron chi connectivity index (χ4n) is 4.67. The van der Waals surface area contributed by atoms with Crippen molar-refractivity contribution in [1.29, 1.82) is 0 Å². The van der Waals surface area contributed by atoms with E-state index in [1.54, 1.807) is 55.5 Å². The van der Waals surface area contributed by atoms with Crippen LogP contribution in [-0.2, 0) is 23.8 Å². The van der Waals surface area contributed by atoms with Crippen LogP contribution in [0.2, 0.25) is 0 Å². The van der Waals surface area contributed by atoms with E-state index in [9.17, 15) is 19.2 Å². The SMILES string of the molecule is C=C(C)C(=O)OCCCCCCOc1ccc(C(=O)Oc2ccc(-c3ccc(C(=O)OCCCCCCOC(=O)CCC)cc3)cc2)cc1. The van der Waals surface area contributed by atoms with Crippen LogP contribution in [0.1, 0.15) is 98.8 Å². The molecule has 0 atom stereocenters. The zero-order valence-corrected chi connectivity index (χ0v) is 28.7. The lowest BCUT2D eigenvalue weighted by Gasteiger charge is -2.09.